The third-order valence-electron chi connectivity index (χ3n) is 4.56. The van der Waals surface area contributed by atoms with Crippen LogP contribution in [0.15, 0.2) is 0 Å². The molecule has 126 valence electrons. The fourth-order valence-electron chi connectivity index (χ4n) is 3.44. The van der Waals surface area contributed by atoms with E-state index in [9.17, 15) is 9.59 Å². The monoisotopic (exact) mass is 312 g/mol. The molecule has 0 aromatic heterocycles. The first kappa shape index (κ1) is 17.1. The van der Waals surface area contributed by atoms with Gasteiger partial charge >= 0.3 is 12.1 Å². The Hall–Kier alpha value is -1.30. The molecular formula is C16H28N2O4. The van der Waals surface area contributed by atoms with Gasteiger partial charge in [0.2, 0.25) is 0 Å². The van der Waals surface area contributed by atoms with Gasteiger partial charge < -0.3 is 19.7 Å². The zero-order valence-electron chi connectivity index (χ0n) is 14.1. The topological polar surface area (TPSA) is 67.9 Å². The maximum atomic E-state index is 12.1. The predicted octanol–water partition coefficient (Wildman–Crippen LogP) is 1.64. The summed E-state index contributed by atoms with van der Waals surface area (Å²) in [6.07, 6.45) is 1.60. The number of amides is 1. The second kappa shape index (κ2) is 6.86. The molecular weight excluding hydrogens is 284 g/mol. The number of likely N-dealkylation sites (tertiary alicyclic amines) is 1. The smallest absolute Gasteiger partial charge is 0.410 e. The van der Waals surface area contributed by atoms with Crippen LogP contribution < -0.4 is 5.32 Å². The van der Waals surface area contributed by atoms with Crippen LogP contribution in [0.1, 0.15) is 33.6 Å². The lowest BCUT2D eigenvalue weighted by Crippen LogP contribution is -2.44. The van der Waals surface area contributed by atoms with Crippen LogP contribution in [0.3, 0.4) is 0 Å². The van der Waals surface area contributed by atoms with E-state index in [4.69, 9.17) is 9.47 Å². The minimum absolute atomic E-state index is 0.0527. The summed E-state index contributed by atoms with van der Waals surface area (Å²) >= 11 is 0. The molecule has 2 unspecified atom stereocenters. The van der Waals surface area contributed by atoms with E-state index in [0.717, 1.165) is 19.4 Å². The van der Waals surface area contributed by atoms with Gasteiger partial charge in [0.05, 0.1) is 13.0 Å². The minimum Gasteiger partial charge on any atom is -0.469 e. The molecule has 2 heterocycles. The number of esters is 1. The normalized spacial score (nSPS) is 26.8. The lowest BCUT2D eigenvalue weighted by Gasteiger charge is -2.36. The molecule has 1 amide bonds. The van der Waals surface area contributed by atoms with Crippen molar-refractivity contribution in [1.82, 2.24) is 10.2 Å². The number of ether oxygens (including phenoxy) is 2. The number of hydrogen-bond donors (Lipinski definition) is 1. The van der Waals surface area contributed by atoms with Crippen molar-refractivity contribution < 1.29 is 19.1 Å². The first-order valence-corrected chi connectivity index (χ1v) is 8.08. The summed E-state index contributed by atoms with van der Waals surface area (Å²) in [5, 5.41) is 3.29. The lowest BCUT2D eigenvalue weighted by molar-refractivity contribution is -0.147. The fourth-order valence-corrected chi connectivity index (χ4v) is 3.44. The third-order valence-corrected chi connectivity index (χ3v) is 4.56. The van der Waals surface area contributed by atoms with Crippen LogP contribution in [0.5, 0.6) is 0 Å². The fraction of sp³-hybridized carbons (Fsp3) is 0.875. The molecule has 0 aromatic rings. The first-order chi connectivity index (χ1) is 10.3. The number of carbonyl (C=O) groups excluding carboxylic acids is 2. The van der Waals surface area contributed by atoms with Crippen LogP contribution in [0, 0.1) is 17.8 Å². The number of hydrogen-bond acceptors (Lipinski definition) is 5. The summed E-state index contributed by atoms with van der Waals surface area (Å²) in [5.41, 5.74) is -0.459. The maximum absolute atomic E-state index is 12.1. The van der Waals surface area contributed by atoms with Gasteiger partial charge in [0.15, 0.2) is 0 Å². The Morgan fingerprint density at radius 1 is 1.14 bits per heavy atom. The van der Waals surface area contributed by atoms with Crippen LogP contribution in [-0.2, 0) is 14.3 Å². The minimum atomic E-state index is -0.459. The second-order valence-corrected chi connectivity index (χ2v) is 7.26. The molecule has 0 radical (unpaired) electrons. The van der Waals surface area contributed by atoms with E-state index in [1.807, 2.05) is 20.8 Å². The summed E-state index contributed by atoms with van der Waals surface area (Å²) in [6, 6.07) is 0. The number of methoxy groups -OCH3 is 1. The number of carbonyl (C=O) groups is 2. The van der Waals surface area contributed by atoms with Gasteiger partial charge in [-0.3, -0.25) is 4.79 Å². The van der Waals surface area contributed by atoms with Crippen molar-refractivity contribution in [3.63, 3.8) is 0 Å². The Morgan fingerprint density at radius 3 is 2.32 bits per heavy atom. The summed E-state index contributed by atoms with van der Waals surface area (Å²) in [5.74, 6) is 0.596. The highest BCUT2D eigenvalue weighted by molar-refractivity contribution is 5.73. The molecule has 0 aliphatic carbocycles. The van der Waals surface area contributed by atoms with Crippen LogP contribution in [0.2, 0.25) is 0 Å². The van der Waals surface area contributed by atoms with Crippen molar-refractivity contribution in [1.29, 1.82) is 0 Å². The van der Waals surface area contributed by atoms with Gasteiger partial charge in [-0.2, -0.15) is 0 Å². The molecule has 22 heavy (non-hydrogen) atoms. The van der Waals surface area contributed by atoms with Gasteiger partial charge in [-0.25, -0.2) is 4.79 Å². The Morgan fingerprint density at radius 2 is 1.77 bits per heavy atom. The SMILES string of the molecule is COC(=O)C1CNCC1C1CCN(C(=O)OC(C)(C)C)CC1. The second-order valence-electron chi connectivity index (χ2n) is 7.26. The molecule has 0 spiro atoms. The molecule has 6 heteroatoms. The molecule has 2 rings (SSSR count). The zero-order valence-corrected chi connectivity index (χ0v) is 14.1. The third kappa shape index (κ3) is 4.12. The largest absolute Gasteiger partial charge is 0.469 e. The van der Waals surface area contributed by atoms with E-state index in [2.05, 4.69) is 5.32 Å². The Bertz CT molecular complexity index is 411. The first-order valence-electron chi connectivity index (χ1n) is 8.08. The molecule has 6 nitrogen and oxygen atoms in total. The molecule has 0 saturated carbocycles. The molecule has 0 bridgehead atoms. The summed E-state index contributed by atoms with van der Waals surface area (Å²) < 4.78 is 10.3. The van der Waals surface area contributed by atoms with Crippen molar-refractivity contribution in [3.8, 4) is 0 Å². The highest BCUT2D eigenvalue weighted by Crippen LogP contribution is 2.33. The molecule has 0 aromatic carbocycles. The van der Waals surface area contributed by atoms with Crippen molar-refractivity contribution in [2.45, 2.75) is 39.2 Å². The van der Waals surface area contributed by atoms with Crippen LogP contribution >= 0.6 is 0 Å². The van der Waals surface area contributed by atoms with E-state index >= 15 is 0 Å². The van der Waals surface area contributed by atoms with Gasteiger partial charge in [-0.05, 0) is 52.0 Å². The van der Waals surface area contributed by atoms with Crippen LogP contribution in [0.25, 0.3) is 0 Å². The Balaban J connectivity index is 1.87. The highest BCUT2D eigenvalue weighted by atomic mass is 16.6. The Labute approximate surface area is 132 Å². The average Bonchev–Trinajstić information content (AvgIpc) is 2.94. The highest BCUT2D eigenvalue weighted by Gasteiger charge is 2.40. The summed E-state index contributed by atoms with van der Waals surface area (Å²) in [4.78, 5) is 25.7. The summed E-state index contributed by atoms with van der Waals surface area (Å²) in [7, 11) is 1.45. The standard InChI is InChI=1S/C16H28N2O4/c1-16(2,3)22-15(20)18-7-5-11(6-8-18)12-9-17-10-13(12)14(19)21-4/h11-13,17H,5-10H2,1-4H3. The number of piperidine rings is 1. The van der Waals surface area contributed by atoms with E-state index in [-0.39, 0.29) is 18.0 Å². The van der Waals surface area contributed by atoms with E-state index < -0.39 is 5.60 Å². The molecule has 2 fully saturated rings. The van der Waals surface area contributed by atoms with Crippen LogP contribution in [-0.4, -0.2) is 55.9 Å². The zero-order chi connectivity index (χ0) is 16.3. The van der Waals surface area contributed by atoms with Gasteiger partial charge in [0, 0.05) is 19.6 Å². The Kier molecular flexibility index (Phi) is 5.32. The molecule has 2 aliphatic heterocycles. The van der Waals surface area contributed by atoms with Crippen molar-refractivity contribution in [2.24, 2.45) is 17.8 Å². The lowest BCUT2D eigenvalue weighted by atomic mass is 9.78. The van der Waals surface area contributed by atoms with Gasteiger partial charge in [-0.15, -0.1) is 0 Å². The van der Waals surface area contributed by atoms with E-state index in [0.29, 0.717) is 31.5 Å². The number of nitrogens with one attached hydrogen (secondary N) is 1. The predicted molar refractivity (Wildman–Crippen MR) is 82.4 cm³/mol. The quantitative estimate of drug-likeness (QED) is 0.785. The van der Waals surface area contributed by atoms with Gasteiger partial charge in [0.25, 0.3) is 0 Å². The van der Waals surface area contributed by atoms with Crippen molar-refractivity contribution in [2.75, 3.05) is 33.3 Å². The molecule has 2 aliphatic rings. The molecule has 2 saturated heterocycles. The summed E-state index contributed by atoms with van der Waals surface area (Å²) in [6.45, 7) is 8.59. The van der Waals surface area contributed by atoms with Crippen molar-refractivity contribution >= 4 is 12.1 Å². The average molecular weight is 312 g/mol. The number of rotatable bonds is 2. The van der Waals surface area contributed by atoms with E-state index in [1.54, 1.807) is 4.90 Å². The van der Waals surface area contributed by atoms with Gasteiger partial charge in [0.1, 0.15) is 5.60 Å². The maximum Gasteiger partial charge on any atom is 0.410 e. The van der Waals surface area contributed by atoms with Crippen LogP contribution in [0.4, 0.5) is 4.79 Å². The van der Waals surface area contributed by atoms with Crippen molar-refractivity contribution in [3.05, 3.63) is 0 Å². The van der Waals surface area contributed by atoms with Gasteiger partial charge in [-0.1, -0.05) is 0 Å². The molecule has 1 N–H and O–H groups in total. The van der Waals surface area contributed by atoms with E-state index in [1.165, 1.54) is 7.11 Å². The molecule has 2 atom stereocenters. The number of nitrogens with zero attached hydrogens (tertiary/aromatic N) is 1.